The molecule has 1 fully saturated rings. The lowest BCUT2D eigenvalue weighted by Crippen LogP contribution is -2.33. The van der Waals surface area contributed by atoms with E-state index in [4.69, 9.17) is 15.6 Å². The number of halogens is 1. The molecular formula is C12H14FNO3. The van der Waals surface area contributed by atoms with Crippen LogP contribution in [-0.4, -0.2) is 23.2 Å². The maximum absolute atomic E-state index is 13.6. The molecule has 0 aromatic heterocycles. The van der Waals surface area contributed by atoms with Gasteiger partial charge in [0.25, 0.3) is 0 Å². The van der Waals surface area contributed by atoms with Gasteiger partial charge in [-0.3, -0.25) is 0 Å². The third kappa shape index (κ3) is 2.55. The zero-order valence-electron chi connectivity index (χ0n) is 9.23. The molecule has 0 aliphatic heterocycles. The lowest BCUT2D eigenvalue weighted by molar-refractivity contribution is 0.0696. The molecule has 5 heteroatoms. The van der Waals surface area contributed by atoms with Gasteiger partial charge < -0.3 is 15.6 Å². The molecule has 0 heterocycles. The maximum Gasteiger partial charge on any atom is 0.335 e. The fraction of sp³-hybridized carbons (Fsp3) is 0.417. The predicted molar refractivity (Wildman–Crippen MR) is 59.6 cm³/mol. The summed E-state index contributed by atoms with van der Waals surface area (Å²) in [6.45, 7) is 0. The first kappa shape index (κ1) is 11.9. The van der Waals surface area contributed by atoms with E-state index in [9.17, 15) is 9.18 Å². The topological polar surface area (TPSA) is 72.5 Å². The predicted octanol–water partition coefficient (Wildman–Crippen LogP) is 1.78. The minimum Gasteiger partial charge on any atom is -0.486 e. The van der Waals surface area contributed by atoms with Crippen LogP contribution < -0.4 is 10.5 Å². The van der Waals surface area contributed by atoms with Crippen LogP contribution in [0.2, 0.25) is 0 Å². The van der Waals surface area contributed by atoms with E-state index in [1.54, 1.807) is 0 Å². The normalized spacial score (nSPS) is 23.6. The van der Waals surface area contributed by atoms with E-state index >= 15 is 0 Å². The highest BCUT2D eigenvalue weighted by Gasteiger charge is 2.26. The first-order chi connectivity index (χ1) is 8.08. The van der Waals surface area contributed by atoms with Gasteiger partial charge in [-0.05, 0) is 37.5 Å². The van der Waals surface area contributed by atoms with Crippen LogP contribution in [0.1, 0.15) is 29.6 Å². The Morgan fingerprint density at radius 3 is 2.76 bits per heavy atom. The standard InChI is InChI=1S/C12H14FNO3/c13-8-6-7(12(15)16)4-5-10(8)17-11-3-1-2-9(11)14/h4-6,9,11H,1-3,14H2,(H,15,16). The fourth-order valence-corrected chi connectivity index (χ4v) is 1.99. The van der Waals surface area contributed by atoms with Crippen molar-refractivity contribution in [2.75, 3.05) is 0 Å². The molecule has 4 nitrogen and oxygen atoms in total. The number of carboxylic acids is 1. The summed E-state index contributed by atoms with van der Waals surface area (Å²) in [6, 6.07) is 3.54. The third-order valence-corrected chi connectivity index (χ3v) is 2.96. The molecule has 1 aromatic carbocycles. The summed E-state index contributed by atoms with van der Waals surface area (Å²) < 4.78 is 19.0. The molecule has 0 spiro atoms. The van der Waals surface area contributed by atoms with Gasteiger partial charge in [-0.1, -0.05) is 0 Å². The van der Waals surface area contributed by atoms with Gasteiger partial charge >= 0.3 is 5.97 Å². The van der Waals surface area contributed by atoms with Crippen LogP contribution in [0.15, 0.2) is 18.2 Å². The van der Waals surface area contributed by atoms with Gasteiger partial charge in [0, 0.05) is 6.04 Å². The lowest BCUT2D eigenvalue weighted by atomic mass is 10.2. The van der Waals surface area contributed by atoms with Crippen molar-refractivity contribution in [1.29, 1.82) is 0 Å². The van der Waals surface area contributed by atoms with Crippen LogP contribution in [0.3, 0.4) is 0 Å². The highest BCUT2D eigenvalue weighted by molar-refractivity contribution is 5.87. The van der Waals surface area contributed by atoms with Crippen molar-refractivity contribution in [3.8, 4) is 5.75 Å². The number of hydrogen-bond acceptors (Lipinski definition) is 3. The lowest BCUT2D eigenvalue weighted by Gasteiger charge is -2.18. The molecule has 3 N–H and O–H groups in total. The van der Waals surface area contributed by atoms with E-state index in [2.05, 4.69) is 0 Å². The van der Waals surface area contributed by atoms with Gasteiger partial charge in [0.05, 0.1) is 5.56 Å². The summed E-state index contributed by atoms with van der Waals surface area (Å²) in [4.78, 5) is 10.6. The van der Waals surface area contributed by atoms with Crippen molar-refractivity contribution in [2.45, 2.75) is 31.4 Å². The molecular weight excluding hydrogens is 225 g/mol. The van der Waals surface area contributed by atoms with Crippen molar-refractivity contribution < 1.29 is 19.0 Å². The number of nitrogens with two attached hydrogens (primary N) is 1. The first-order valence-corrected chi connectivity index (χ1v) is 5.53. The minimum absolute atomic E-state index is 0.0670. The molecule has 17 heavy (non-hydrogen) atoms. The van der Waals surface area contributed by atoms with E-state index in [1.165, 1.54) is 12.1 Å². The number of ether oxygens (including phenoxy) is 1. The Hall–Kier alpha value is -1.62. The molecule has 0 radical (unpaired) electrons. The van der Waals surface area contributed by atoms with Crippen LogP contribution in [0.25, 0.3) is 0 Å². The zero-order valence-corrected chi connectivity index (χ0v) is 9.23. The Labute approximate surface area is 98.2 Å². The molecule has 0 amide bonds. The Kier molecular flexibility index (Phi) is 3.28. The second-order valence-corrected chi connectivity index (χ2v) is 4.20. The van der Waals surface area contributed by atoms with E-state index in [-0.39, 0.29) is 23.5 Å². The van der Waals surface area contributed by atoms with E-state index < -0.39 is 11.8 Å². The third-order valence-electron chi connectivity index (χ3n) is 2.96. The van der Waals surface area contributed by atoms with Crippen LogP contribution in [0, 0.1) is 5.82 Å². The van der Waals surface area contributed by atoms with Gasteiger partial charge in [0.15, 0.2) is 11.6 Å². The van der Waals surface area contributed by atoms with Crippen LogP contribution in [0.4, 0.5) is 4.39 Å². The van der Waals surface area contributed by atoms with Crippen molar-refractivity contribution in [3.63, 3.8) is 0 Å². The molecule has 92 valence electrons. The molecule has 1 saturated carbocycles. The Bertz CT molecular complexity index is 436. The van der Waals surface area contributed by atoms with Crippen molar-refractivity contribution in [3.05, 3.63) is 29.6 Å². The zero-order chi connectivity index (χ0) is 12.4. The minimum atomic E-state index is -1.16. The van der Waals surface area contributed by atoms with Crippen LogP contribution in [0.5, 0.6) is 5.75 Å². The smallest absolute Gasteiger partial charge is 0.335 e. The molecule has 1 aliphatic rings. The van der Waals surface area contributed by atoms with E-state index in [0.717, 1.165) is 25.3 Å². The number of aromatic carboxylic acids is 1. The number of carbonyl (C=O) groups is 1. The first-order valence-electron chi connectivity index (χ1n) is 5.53. The van der Waals surface area contributed by atoms with E-state index in [1.807, 2.05) is 0 Å². The maximum atomic E-state index is 13.6. The fourth-order valence-electron chi connectivity index (χ4n) is 1.99. The molecule has 1 aliphatic carbocycles. The summed E-state index contributed by atoms with van der Waals surface area (Å²) in [5, 5.41) is 8.70. The van der Waals surface area contributed by atoms with E-state index in [0.29, 0.717) is 0 Å². The molecule has 1 aromatic rings. The van der Waals surface area contributed by atoms with Gasteiger partial charge in [-0.2, -0.15) is 0 Å². The molecule has 2 atom stereocenters. The molecule has 2 rings (SSSR count). The molecule has 0 bridgehead atoms. The average Bonchev–Trinajstić information content (AvgIpc) is 2.67. The van der Waals surface area contributed by atoms with Crippen molar-refractivity contribution >= 4 is 5.97 Å². The molecule has 2 unspecified atom stereocenters. The molecule has 0 saturated heterocycles. The quantitative estimate of drug-likeness (QED) is 0.843. The average molecular weight is 239 g/mol. The van der Waals surface area contributed by atoms with Crippen molar-refractivity contribution in [1.82, 2.24) is 0 Å². The highest BCUT2D eigenvalue weighted by atomic mass is 19.1. The second kappa shape index (κ2) is 4.71. The van der Waals surface area contributed by atoms with Crippen LogP contribution in [-0.2, 0) is 0 Å². The number of carboxylic acid groups (broad SMARTS) is 1. The summed E-state index contributed by atoms with van der Waals surface area (Å²) in [5.74, 6) is -1.76. The Morgan fingerprint density at radius 2 is 2.24 bits per heavy atom. The Balaban J connectivity index is 2.14. The summed E-state index contributed by atoms with van der Waals surface area (Å²) in [6.07, 6.45) is 2.47. The summed E-state index contributed by atoms with van der Waals surface area (Å²) in [7, 11) is 0. The summed E-state index contributed by atoms with van der Waals surface area (Å²) in [5.41, 5.74) is 5.72. The highest BCUT2D eigenvalue weighted by Crippen LogP contribution is 2.26. The number of rotatable bonds is 3. The SMILES string of the molecule is NC1CCCC1Oc1ccc(C(=O)O)cc1F. The van der Waals surface area contributed by atoms with Gasteiger partial charge in [0.1, 0.15) is 6.10 Å². The van der Waals surface area contributed by atoms with Gasteiger partial charge in [-0.25, -0.2) is 9.18 Å². The summed E-state index contributed by atoms with van der Waals surface area (Å²) >= 11 is 0. The number of hydrogen-bond donors (Lipinski definition) is 2. The van der Waals surface area contributed by atoms with Gasteiger partial charge in [0.2, 0.25) is 0 Å². The number of benzene rings is 1. The van der Waals surface area contributed by atoms with Crippen LogP contribution >= 0.6 is 0 Å². The monoisotopic (exact) mass is 239 g/mol. The Morgan fingerprint density at radius 1 is 1.47 bits per heavy atom. The van der Waals surface area contributed by atoms with Gasteiger partial charge in [-0.15, -0.1) is 0 Å². The second-order valence-electron chi connectivity index (χ2n) is 4.20. The largest absolute Gasteiger partial charge is 0.486 e. The van der Waals surface area contributed by atoms with Crippen molar-refractivity contribution in [2.24, 2.45) is 5.73 Å².